The molecule has 0 aromatic heterocycles. The zero-order chi connectivity index (χ0) is 19.2. The summed E-state index contributed by atoms with van der Waals surface area (Å²) in [6.07, 6.45) is 5.20. The van der Waals surface area contributed by atoms with Crippen LogP contribution in [0.1, 0.15) is 51.5 Å². The molecule has 8 heteroatoms. The minimum absolute atomic E-state index is 0. The molecule has 0 aliphatic carbocycles. The van der Waals surface area contributed by atoms with Gasteiger partial charge in [-0.2, -0.15) is 4.31 Å². The number of nitrogens with two attached hydrogens (primary N) is 1. The lowest BCUT2D eigenvalue weighted by Crippen LogP contribution is -2.30. The van der Waals surface area contributed by atoms with Crippen molar-refractivity contribution in [1.29, 1.82) is 0 Å². The molecule has 2 N–H and O–H groups in total. The van der Waals surface area contributed by atoms with E-state index < -0.39 is 10.0 Å². The highest BCUT2D eigenvalue weighted by Crippen LogP contribution is 2.31. The van der Waals surface area contributed by atoms with Crippen LogP contribution in [0.4, 0.5) is 5.69 Å². The maximum atomic E-state index is 12.7. The monoisotopic (exact) mass is 417 g/mol. The molecule has 0 fully saturated rings. The summed E-state index contributed by atoms with van der Waals surface area (Å²) in [6.45, 7) is 5.90. The third kappa shape index (κ3) is 5.67. The van der Waals surface area contributed by atoms with Crippen LogP contribution >= 0.6 is 12.4 Å². The minimum Gasteiger partial charge on any atom is -0.330 e. The number of unbranched alkanes of at least 4 members (excludes halogenated alkanes) is 3. The van der Waals surface area contributed by atoms with E-state index in [1.807, 2.05) is 13.8 Å². The molecule has 0 spiro atoms. The van der Waals surface area contributed by atoms with E-state index in [1.54, 1.807) is 23.1 Å². The molecule has 1 heterocycles. The number of nitrogens with zero attached hydrogens (tertiary/aromatic N) is 2. The summed E-state index contributed by atoms with van der Waals surface area (Å²) in [5.41, 5.74) is 7.28. The van der Waals surface area contributed by atoms with Crippen molar-refractivity contribution in [2.24, 2.45) is 5.73 Å². The van der Waals surface area contributed by atoms with Gasteiger partial charge in [-0.1, -0.05) is 26.7 Å². The van der Waals surface area contributed by atoms with E-state index in [4.69, 9.17) is 5.73 Å². The largest absolute Gasteiger partial charge is 0.330 e. The van der Waals surface area contributed by atoms with Gasteiger partial charge in [0.05, 0.1) is 4.90 Å². The summed E-state index contributed by atoms with van der Waals surface area (Å²) in [4.78, 5) is 14.6. The SMILES string of the molecule is CCN(CC)S(=O)(=O)c1ccc2c(c1)CCN2C(=O)CCCCCCN.Cl. The van der Waals surface area contributed by atoms with Crippen LogP contribution in [0.5, 0.6) is 0 Å². The number of hydrogen-bond acceptors (Lipinski definition) is 4. The number of halogens is 1. The molecule has 1 aliphatic rings. The number of anilines is 1. The van der Waals surface area contributed by atoms with Crippen LogP contribution in [0.25, 0.3) is 0 Å². The average molecular weight is 418 g/mol. The topological polar surface area (TPSA) is 83.7 Å². The molecule has 0 atom stereocenters. The number of hydrogen-bond donors (Lipinski definition) is 1. The van der Waals surface area contributed by atoms with Gasteiger partial charge in [0, 0.05) is 31.7 Å². The predicted octanol–water partition coefficient (Wildman–Crippen LogP) is 2.94. The zero-order valence-electron chi connectivity index (χ0n) is 16.3. The first-order valence-corrected chi connectivity index (χ1v) is 11.0. The first-order valence-electron chi connectivity index (χ1n) is 9.59. The highest BCUT2D eigenvalue weighted by molar-refractivity contribution is 7.89. The van der Waals surface area contributed by atoms with Crippen LogP contribution < -0.4 is 10.6 Å². The van der Waals surface area contributed by atoms with E-state index in [0.29, 0.717) is 43.9 Å². The Kier molecular flexibility index (Phi) is 9.73. The van der Waals surface area contributed by atoms with E-state index in [9.17, 15) is 13.2 Å². The lowest BCUT2D eigenvalue weighted by atomic mass is 10.1. The molecule has 1 aliphatic heterocycles. The molecule has 1 aromatic rings. The minimum atomic E-state index is -3.46. The molecule has 154 valence electrons. The smallest absolute Gasteiger partial charge is 0.243 e. The van der Waals surface area contributed by atoms with Gasteiger partial charge in [0.15, 0.2) is 0 Å². The van der Waals surface area contributed by atoms with Crippen LogP contribution in [0.2, 0.25) is 0 Å². The highest BCUT2D eigenvalue weighted by atomic mass is 35.5. The third-order valence-corrected chi connectivity index (χ3v) is 6.98. The molecule has 0 saturated carbocycles. The first kappa shape index (κ1) is 23.9. The number of rotatable bonds is 10. The fourth-order valence-electron chi connectivity index (χ4n) is 3.42. The number of benzene rings is 1. The maximum absolute atomic E-state index is 12.7. The Morgan fingerprint density at radius 3 is 2.44 bits per heavy atom. The molecule has 0 unspecified atom stereocenters. The van der Waals surface area contributed by atoms with E-state index in [0.717, 1.165) is 36.9 Å². The summed E-state index contributed by atoms with van der Waals surface area (Å²) in [7, 11) is -3.46. The van der Waals surface area contributed by atoms with Crippen molar-refractivity contribution in [2.75, 3.05) is 31.1 Å². The van der Waals surface area contributed by atoms with Crippen molar-refractivity contribution in [3.8, 4) is 0 Å². The highest BCUT2D eigenvalue weighted by Gasteiger charge is 2.28. The quantitative estimate of drug-likeness (QED) is 0.593. The Morgan fingerprint density at radius 2 is 1.81 bits per heavy atom. The van der Waals surface area contributed by atoms with Gasteiger partial charge in [0.25, 0.3) is 0 Å². The molecule has 1 aromatic carbocycles. The van der Waals surface area contributed by atoms with Crippen molar-refractivity contribution in [2.45, 2.75) is 57.3 Å². The van der Waals surface area contributed by atoms with Crippen LogP contribution in [0.3, 0.4) is 0 Å². The van der Waals surface area contributed by atoms with Crippen LogP contribution in [-0.2, 0) is 21.2 Å². The normalized spacial score (nSPS) is 13.6. The second-order valence-corrected chi connectivity index (χ2v) is 8.57. The second kappa shape index (κ2) is 11.0. The van der Waals surface area contributed by atoms with Crippen molar-refractivity contribution in [1.82, 2.24) is 4.31 Å². The van der Waals surface area contributed by atoms with Crippen molar-refractivity contribution >= 4 is 34.0 Å². The lowest BCUT2D eigenvalue weighted by Gasteiger charge is -2.20. The zero-order valence-corrected chi connectivity index (χ0v) is 17.9. The van der Waals surface area contributed by atoms with Crippen LogP contribution in [-0.4, -0.2) is 44.8 Å². The third-order valence-electron chi connectivity index (χ3n) is 4.94. The van der Waals surface area contributed by atoms with Gasteiger partial charge in [-0.3, -0.25) is 4.79 Å². The number of carbonyl (C=O) groups excluding carboxylic acids is 1. The average Bonchev–Trinajstić information content (AvgIpc) is 3.05. The molecule has 0 radical (unpaired) electrons. The Balaban J connectivity index is 0.00000364. The number of amides is 1. The summed E-state index contributed by atoms with van der Waals surface area (Å²) < 4.78 is 26.8. The van der Waals surface area contributed by atoms with Gasteiger partial charge in [-0.05, 0) is 49.6 Å². The summed E-state index contributed by atoms with van der Waals surface area (Å²) in [6, 6.07) is 5.14. The Bertz CT molecular complexity index is 721. The van der Waals surface area contributed by atoms with Crippen molar-refractivity contribution in [3.05, 3.63) is 23.8 Å². The standard InChI is InChI=1S/C19H31N3O3S.ClH/c1-3-21(4-2)26(24,25)17-10-11-18-16(15-17)12-14-22(18)19(23)9-7-5-6-8-13-20;/h10-11,15H,3-9,12-14,20H2,1-2H3;1H. The van der Waals surface area contributed by atoms with Crippen LogP contribution in [0, 0.1) is 0 Å². The molecule has 1 amide bonds. The van der Waals surface area contributed by atoms with Crippen LogP contribution in [0.15, 0.2) is 23.1 Å². The molecule has 2 rings (SSSR count). The van der Waals surface area contributed by atoms with E-state index in [2.05, 4.69) is 0 Å². The molecular formula is C19H32ClN3O3S. The molecule has 6 nitrogen and oxygen atoms in total. The van der Waals surface area contributed by atoms with Gasteiger partial charge in [-0.25, -0.2) is 8.42 Å². The fraction of sp³-hybridized carbons (Fsp3) is 0.632. The molecule has 27 heavy (non-hydrogen) atoms. The van der Waals surface area contributed by atoms with E-state index in [1.165, 1.54) is 4.31 Å². The predicted molar refractivity (Wildman–Crippen MR) is 112 cm³/mol. The van der Waals surface area contributed by atoms with Gasteiger partial charge in [-0.15, -0.1) is 12.4 Å². The Hall–Kier alpha value is -1.15. The molecule has 0 saturated heterocycles. The van der Waals surface area contributed by atoms with E-state index >= 15 is 0 Å². The van der Waals surface area contributed by atoms with Crippen molar-refractivity contribution in [3.63, 3.8) is 0 Å². The second-order valence-electron chi connectivity index (χ2n) is 6.63. The summed E-state index contributed by atoms with van der Waals surface area (Å²) in [5, 5.41) is 0. The van der Waals surface area contributed by atoms with Gasteiger partial charge >= 0.3 is 0 Å². The van der Waals surface area contributed by atoms with Gasteiger partial charge in [0.1, 0.15) is 0 Å². The molecular weight excluding hydrogens is 386 g/mol. The Morgan fingerprint density at radius 1 is 1.15 bits per heavy atom. The van der Waals surface area contributed by atoms with Crippen molar-refractivity contribution < 1.29 is 13.2 Å². The first-order chi connectivity index (χ1) is 12.5. The van der Waals surface area contributed by atoms with Gasteiger partial charge < -0.3 is 10.6 Å². The lowest BCUT2D eigenvalue weighted by molar-refractivity contribution is -0.118. The number of fused-ring (bicyclic) bond motifs is 1. The summed E-state index contributed by atoms with van der Waals surface area (Å²) in [5.74, 6) is 0.121. The van der Waals surface area contributed by atoms with E-state index in [-0.39, 0.29) is 18.3 Å². The molecule has 0 bridgehead atoms. The van der Waals surface area contributed by atoms with Gasteiger partial charge in [0.2, 0.25) is 15.9 Å². The fourth-order valence-corrected chi connectivity index (χ4v) is 4.93. The number of sulfonamides is 1. The number of carbonyl (C=O) groups is 1. The maximum Gasteiger partial charge on any atom is 0.243 e. The summed E-state index contributed by atoms with van der Waals surface area (Å²) >= 11 is 0. The Labute approximate surface area is 169 Å².